The van der Waals surface area contributed by atoms with Crippen LogP contribution in [0.5, 0.6) is 11.5 Å². The summed E-state index contributed by atoms with van der Waals surface area (Å²) < 4.78 is 21.9. The highest BCUT2D eigenvalue weighted by molar-refractivity contribution is 5.95. The first-order valence-electron chi connectivity index (χ1n) is 14.6. The van der Waals surface area contributed by atoms with Crippen molar-refractivity contribution in [2.45, 2.75) is 27.2 Å². The van der Waals surface area contributed by atoms with E-state index in [1.54, 1.807) is 13.8 Å². The molecule has 1 aliphatic carbocycles. The summed E-state index contributed by atoms with van der Waals surface area (Å²) >= 11 is 0. The van der Waals surface area contributed by atoms with E-state index in [-0.39, 0.29) is 26.4 Å². The minimum atomic E-state index is -0.422. The van der Waals surface area contributed by atoms with Crippen LogP contribution in [0.4, 0.5) is 0 Å². The van der Waals surface area contributed by atoms with E-state index in [0.29, 0.717) is 22.6 Å². The number of carbonyl (C=O) groups is 2. The van der Waals surface area contributed by atoms with E-state index in [4.69, 9.17) is 18.9 Å². The fourth-order valence-corrected chi connectivity index (χ4v) is 5.37. The van der Waals surface area contributed by atoms with Crippen molar-refractivity contribution >= 4 is 11.9 Å². The lowest BCUT2D eigenvalue weighted by Crippen LogP contribution is -2.12. The minimum Gasteiger partial charge on any atom is -0.490 e. The minimum absolute atomic E-state index is 0.153. The van der Waals surface area contributed by atoms with Gasteiger partial charge in [-0.2, -0.15) is 0 Å². The Kier molecular flexibility index (Phi) is 9.29. The van der Waals surface area contributed by atoms with Crippen LogP contribution in [0.3, 0.4) is 0 Å². The van der Waals surface area contributed by atoms with Gasteiger partial charge in [-0.3, -0.25) is 0 Å². The van der Waals surface area contributed by atoms with Gasteiger partial charge in [0.2, 0.25) is 0 Å². The molecule has 0 heterocycles. The van der Waals surface area contributed by atoms with Crippen LogP contribution >= 0.6 is 0 Å². The smallest absolute Gasteiger partial charge is 0.333 e. The first kappa shape index (κ1) is 30.4. The molecule has 0 bridgehead atoms. The van der Waals surface area contributed by atoms with E-state index >= 15 is 0 Å². The average molecular weight is 589 g/mol. The van der Waals surface area contributed by atoms with Gasteiger partial charge < -0.3 is 18.9 Å². The van der Waals surface area contributed by atoms with E-state index in [9.17, 15) is 9.59 Å². The van der Waals surface area contributed by atoms with Crippen LogP contribution in [0.15, 0.2) is 103 Å². The van der Waals surface area contributed by atoms with Gasteiger partial charge in [-0.25, -0.2) is 9.59 Å². The summed E-state index contributed by atoms with van der Waals surface area (Å²) in [4.78, 5) is 23.2. The SMILES string of the molecule is C=C(C)C(=O)OCCOc1ccc(-c2c(C)cc3c(c2-c2ccc(OCCOC(=O)C(=C)C)cc2)Cc2ccccc2-3)cc1. The van der Waals surface area contributed by atoms with Crippen molar-refractivity contribution in [1.29, 1.82) is 0 Å². The molecule has 0 aliphatic heterocycles. The molecule has 224 valence electrons. The van der Waals surface area contributed by atoms with E-state index < -0.39 is 11.9 Å². The monoisotopic (exact) mass is 588 g/mol. The van der Waals surface area contributed by atoms with Gasteiger partial charge in [0.25, 0.3) is 0 Å². The lowest BCUT2D eigenvalue weighted by atomic mass is 9.85. The highest BCUT2D eigenvalue weighted by Gasteiger charge is 2.26. The molecule has 0 unspecified atom stereocenters. The standard InChI is InChI=1S/C38H36O6/c1-24(2)37(39)43-20-18-41-30-14-10-27(11-15-30)35-26(5)22-33-32-9-7-6-8-29(32)23-34(33)36(35)28-12-16-31(17-13-28)42-19-21-44-38(40)25(3)4/h6-17,22H,1,3,18-21,23H2,2,4-5H3. The maximum Gasteiger partial charge on any atom is 0.333 e. The summed E-state index contributed by atoms with van der Waals surface area (Å²) in [6.45, 7) is 13.4. The highest BCUT2D eigenvalue weighted by atomic mass is 16.6. The van der Waals surface area contributed by atoms with Gasteiger partial charge in [-0.1, -0.05) is 67.8 Å². The first-order valence-corrected chi connectivity index (χ1v) is 14.6. The van der Waals surface area contributed by atoms with Gasteiger partial charge >= 0.3 is 11.9 Å². The molecule has 44 heavy (non-hydrogen) atoms. The molecular formula is C38H36O6. The van der Waals surface area contributed by atoms with Crippen LogP contribution in [-0.2, 0) is 25.5 Å². The molecule has 0 amide bonds. The molecule has 0 spiro atoms. The molecule has 0 N–H and O–H groups in total. The molecule has 4 aromatic carbocycles. The van der Waals surface area contributed by atoms with Crippen molar-refractivity contribution in [2.24, 2.45) is 0 Å². The quantitative estimate of drug-likeness (QED) is 0.0838. The number of benzene rings is 4. The van der Waals surface area contributed by atoms with Crippen LogP contribution in [0.25, 0.3) is 33.4 Å². The molecule has 6 nitrogen and oxygen atoms in total. The van der Waals surface area contributed by atoms with Crippen molar-refractivity contribution in [3.05, 3.63) is 120 Å². The molecule has 0 radical (unpaired) electrons. The maximum atomic E-state index is 11.6. The number of ether oxygens (including phenoxy) is 4. The molecule has 6 heteroatoms. The number of carbonyl (C=O) groups excluding carboxylic acids is 2. The first-order chi connectivity index (χ1) is 21.2. The zero-order chi connectivity index (χ0) is 31.2. The fraction of sp³-hybridized carbons (Fsp3) is 0.211. The molecule has 0 fully saturated rings. The van der Waals surface area contributed by atoms with Crippen LogP contribution < -0.4 is 9.47 Å². The van der Waals surface area contributed by atoms with E-state index in [2.05, 4.69) is 74.7 Å². The Morgan fingerprint density at radius 1 is 0.659 bits per heavy atom. The van der Waals surface area contributed by atoms with Crippen LogP contribution in [0, 0.1) is 6.92 Å². The van der Waals surface area contributed by atoms with E-state index in [1.807, 2.05) is 24.3 Å². The van der Waals surface area contributed by atoms with Crippen molar-refractivity contribution in [3.8, 4) is 44.9 Å². The van der Waals surface area contributed by atoms with Crippen LogP contribution in [0.1, 0.15) is 30.5 Å². The average Bonchev–Trinajstić information content (AvgIpc) is 3.39. The lowest BCUT2D eigenvalue weighted by molar-refractivity contribution is -0.140. The van der Waals surface area contributed by atoms with Gasteiger partial charge in [-0.05, 0) is 102 Å². The highest BCUT2D eigenvalue weighted by Crippen LogP contribution is 2.47. The number of esters is 2. The number of fused-ring (bicyclic) bond motifs is 3. The Morgan fingerprint density at radius 2 is 1.16 bits per heavy atom. The van der Waals surface area contributed by atoms with Crippen LogP contribution in [-0.4, -0.2) is 38.4 Å². The lowest BCUT2D eigenvalue weighted by Gasteiger charge is -2.19. The third-order valence-corrected chi connectivity index (χ3v) is 7.46. The predicted octanol–water partition coefficient (Wildman–Crippen LogP) is 7.90. The Bertz CT molecular complexity index is 1710. The summed E-state index contributed by atoms with van der Waals surface area (Å²) in [7, 11) is 0. The Labute approximate surface area is 258 Å². The van der Waals surface area contributed by atoms with Gasteiger partial charge in [0.15, 0.2) is 0 Å². The molecule has 0 aromatic heterocycles. The van der Waals surface area contributed by atoms with Gasteiger partial charge in [0.05, 0.1) is 0 Å². The Hall–Kier alpha value is -5.10. The zero-order valence-electron chi connectivity index (χ0n) is 25.4. The van der Waals surface area contributed by atoms with Gasteiger partial charge in [0, 0.05) is 11.1 Å². The summed E-state index contributed by atoms with van der Waals surface area (Å²) in [6, 6.07) is 27.0. The number of hydrogen-bond acceptors (Lipinski definition) is 6. The summed E-state index contributed by atoms with van der Waals surface area (Å²) in [5.41, 5.74) is 11.6. The van der Waals surface area contributed by atoms with Gasteiger partial charge in [0.1, 0.15) is 37.9 Å². The summed E-state index contributed by atoms with van der Waals surface area (Å²) in [5.74, 6) is 0.553. The molecular weight excluding hydrogens is 552 g/mol. The number of aryl methyl sites for hydroxylation is 1. The summed E-state index contributed by atoms with van der Waals surface area (Å²) in [6.07, 6.45) is 0.852. The third-order valence-electron chi connectivity index (χ3n) is 7.46. The fourth-order valence-electron chi connectivity index (χ4n) is 5.37. The molecule has 0 atom stereocenters. The molecule has 0 saturated carbocycles. The zero-order valence-corrected chi connectivity index (χ0v) is 25.4. The van der Waals surface area contributed by atoms with Crippen LogP contribution in [0.2, 0.25) is 0 Å². The van der Waals surface area contributed by atoms with Gasteiger partial charge in [-0.15, -0.1) is 0 Å². The van der Waals surface area contributed by atoms with Crippen molar-refractivity contribution in [1.82, 2.24) is 0 Å². The number of hydrogen-bond donors (Lipinski definition) is 0. The molecule has 1 aliphatic rings. The molecule has 4 aromatic rings. The van der Waals surface area contributed by atoms with Crippen molar-refractivity contribution in [2.75, 3.05) is 26.4 Å². The van der Waals surface area contributed by atoms with E-state index in [1.165, 1.54) is 38.9 Å². The van der Waals surface area contributed by atoms with Crippen molar-refractivity contribution in [3.63, 3.8) is 0 Å². The Morgan fingerprint density at radius 3 is 1.68 bits per heavy atom. The molecule has 5 rings (SSSR count). The predicted molar refractivity (Wildman–Crippen MR) is 173 cm³/mol. The topological polar surface area (TPSA) is 71.1 Å². The number of rotatable bonds is 12. The largest absolute Gasteiger partial charge is 0.490 e. The van der Waals surface area contributed by atoms with Crippen molar-refractivity contribution < 1.29 is 28.5 Å². The second-order valence-corrected chi connectivity index (χ2v) is 10.9. The second-order valence-electron chi connectivity index (χ2n) is 10.9. The third kappa shape index (κ3) is 6.76. The maximum absolute atomic E-state index is 11.6. The second kappa shape index (κ2) is 13.5. The summed E-state index contributed by atoms with van der Waals surface area (Å²) in [5, 5.41) is 0. The molecule has 0 saturated heterocycles. The van der Waals surface area contributed by atoms with E-state index in [0.717, 1.165) is 17.5 Å². The Balaban J connectivity index is 1.41. The normalized spacial score (nSPS) is 11.2.